The van der Waals surface area contributed by atoms with Crippen molar-refractivity contribution in [3.05, 3.63) is 30.1 Å². The zero-order valence-corrected chi connectivity index (χ0v) is 9.28. The molecule has 2 heterocycles. The van der Waals surface area contributed by atoms with Crippen molar-refractivity contribution in [2.75, 3.05) is 13.1 Å². The zero-order chi connectivity index (χ0) is 10.3. The molecule has 0 radical (unpaired) electrons. The standard InChI is InChI=1S/C13H20N2/c1(3-12-6-9-14-10-7-12)4-13-5-2-8-15-11-13/h6-7,9-10,13,15H,1-5,8,11H2. The number of piperidine rings is 1. The van der Waals surface area contributed by atoms with Gasteiger partial charge in [0.2, 0.25) is 0 Å². The van der Waals surface area contributed by atoms with Crippen LogP contribution in [0.25, 0.3) is 0 Å². The van der Waals surface area contributed by atoms with E-state index in [1.165, 1.54) is 50.8 Å². The second kappa shape index (κ2) is 5.86. The molecule has 15 heavy (non-hydrogen) atoms. The van der Waals surface area contributed by atoms with Gasteiger partial charge in [0.05, 0.1) is 0 Å². The van der Waals surface area contributed by atoms with Crippen LogP contribution in [0.5, 0.6) is 0 Å². The van der Waals surface area contributed by atoms with Crippen LogP contribution in [-0.4, -0.2) is 18.1 Å². The molecule has 2 heteroatoms. The third-order valence-electron chi connectivity index (χ3n) is 3.23. The maximum atomic E-state index is 4.03. The lowest BCUT2D eigenvalue weighted by Gasteiger charge is -2.22. The summed E-state index contributed by atoms with van der Waals surface area (Å²) in [6, 6.07) is 4.25. The SMILES string of the molecule is c1cc(CCCC2CCCNC2)ccn1. The van der Waals surface area contributed by atoms with E-state index in [2.05, 4.69) is 22.4 Å². The molecule has 2 rings (SSSR count). The summed E-state index contributed by atoms with van der Waals surface area (Å²) in [5.41, 5.74) is 1.42. The van der Waals surface area contributed by atoms with Gasteiger partial charge in [-0.25, -0.2) is 0 Å². The van der Waals surface area contributed by atoms with Gasteiger partial charge in [-0.05, 0) is 68.8 Å². The number of hydrogen-bond acceptors (Lipinski definition) is 2. The van der Waals surface area contributed by atoms with E-state index in [1.54, 1.807) is 0 Å². The van der Waals surface area contributed by atoms with E-state index >= 15 is 0 Å². The van der Waals surface area contributed by atoms with E-state index in [-0.39, 0.29) is 0 Å². The Morgan fingerprint density at radius 1 is 1.33 bits per heavy atom. The average molecular weight is 204 g/mol. The smallest absolute Gasteiger partial charge is 0.0270 e. The first-order chi connectivity index (χ1) is 7.45. The van der Waals surface area contributed by atoms with Crippen molar-refractivity contribution in [3.63, 3.8) is 0 Å². The summed E-state index contributed by atoms with van der Waals surface area (Å²) in [5.74, 6) is 0.917. The van der Waals surface area contributed by atoms with Crippen LogP contribution in [0, 0.1) is 5.92 Å². The molecule has 0 bridgehead atoms. The molecule has 1 atom stereocenters. The largest absolute Gasteiger partial charge is 0.316 e. The Morgan fingerprint density at radius 3 is 2.93 bits per heavy atom. The second-order valence-electron chi connectivity index (χ2n) is 4.46. The van der Waals surface area contributed by atoms with Gasteiger partial charge in [0, 0.05) is 12.4 Å². The molecule has 0 aliphatic carbocycles. The Kier molecular flexibility index (Phi) is 4.15. The molecule has 1 aliphatic rings. The van der Waals surface area contributed by atoms with Crippen molar-refractivity contribution in [2.45, 2.75) is 32.1 Å². The van der Waals surface area contributed by atoms with Gasteiger partial charge in [-0.15, -0.1) is 0 Å². The van der Waals surface area contributed by atoms with Crippen molar-refractivity contribution in [2.24, 2.45) is 5.92 Å². The van der Waals surface area contributed by atoms with Gasteiger partial charge >= 0.3 is 0 Å². The van der Waals surface area contributed by atoms with Crippen molar-refractivity contribution in [3.8, 4) is 0 Å². The monoisotopic (exact) mass is 204 g/mol. The topological polar surface area (TPSA) is 24.9 Å². The molecule has 0 saturated carbocycles. The average Bonchev–Trinajstić information content (AvgIpc) is 2.32. The fourth-order valence-electron chi connectivity index (χ4n) is 2.31. The van der Waals surface area contributed by atoms with Crippen LogP contribution in [0.15, 0.2) is 24.5 Å². The number of hydrogen-bond donors (Lipinski definition) is 1. The summed E-state index contributed by atoms with van der Waals surface area (Å²) in [7, 11) is 0. The summed E-state index contributed by atoms with van der Waals surface area (Å²) < 4.78 is 0. The maximum Gasteiger partial charge on any atom is 0.0270 e. The Labute approximate surface area is 92.1 Å². The Bertz CT molecular complexity index is 265. The first kappa shape index (κ1) is 10.6. The Balaban J connectivity index is 1.66. The minimum Gasteiger partial charge on any atom is -0.316 e. The van der Waals surface area contributed by atoms with E-state index in [0.717, 1.165) is 5.92 Å². The fourth-order valence-corrected chi connectivity index (χ4v) is 2.31. The van der Waals surface area contributed by atoms with Crippen LogP contribution in [0.3, 0.4) is 0 Å². The van der Waals surface area contributed by atoms with Gasteiger partial charge < -0.3 is 5.32 Å². The van der Waals surface area contributed by atoms with Gasteiger partial charge in [-0.1, -0.05) is 0 Å². The van der Waals surface area contributed by atoms with Crippen molar-refractivity contribution < 1.29 is 0 Å². The minimum absolute atomic E-state index is 0.917. The number of pyridine rings is 1. The van der Waals surface area contributed by atoms with Gasteiger partial charge in [0.15, 0.2) is 0 Å². The molecule has 1 aromatic heterocycles. The maximum absolute atomic E-state index is 4.03. The Hall–Kier alpha value is -0.890. The molecule has 0 aromatic carbocycles. The number of nitrogens with zero attached hydrogens (tertiary/aromatic N) is 1. The first-order valence-electron chi connectivity index (χ1n) is 6.05. The molecule has 1 saturated heterocycles. The predicted molar refractivity (Wildman–Crippen MR) is 62.8 cm³/mol. The predicted octanol–water partition coefficient (Wildman–Crippen LogP) is 2.40. The molecule has 82 valence electrons. The van der Waals surface area contributed by atoms with E-state index < -0.39 is 0 Å². The minimum atomic E-state index is 0.917. The third kappa shape index (κ3) is 3.63. The summed E-state index contributed by atoms with van der Waals surface area (Å²) in [4.78, 5) is 4.03. The molecule has 1 unspecified atom stereocenters. The molecule has 1 aromatic rings. The number of aromatic nitrogens is 1. The molecule has 1 N–H and O–H groups in total. The van der Waals surface area contributed by atoms with E-state index in [9.17, 15) is 0 Å². The summed E-state index contributed by atoms with van der Waals surface area (Å²) in [6.45, 7) is 2.46. The lowest BCUT2D eigenvalue weighted by Crippen LogP contribution is -2.29. The van der Waals surface area contributed by atoms with Crippen molar-refractivity contribution in [1.29, 1.82) is 0 Å². The normalized spacial score (nSPS) is 21.5. The van der Waals surface area contributed by atoms with Gasteiger partial charge in [-0.3, -0.25) is 4.98 Å². The summed E-state index contributed by atoms with van der Waals surface area (Å²) >= 11 is 0. The molecule has 0 spiro atoms. The zero-order valence-electron chi connectivity index (χ0n) is 9.28. The van der Waals surface area contributed by atoms with Crippen molar-refractivity contribution in [1.82, 2.24) is 10.3 Å². The van der Waals surface area contributed by atoms with Crippen molar-refractivity contribution >= 4 is 0 Å². The highest BCUT2D eigenvalue weighted by Gasteiger charge is 2.11. The number of nitrogens with one attached hydrogen (secondary N) is 1. The highest BCUT2D eigenvalue weighted by atomic mass is 14.9. The van der Waals surface area contributed by atoms with Crippen LogP contribution >= 0.6 is 0 Å². The van der Waals surface area contributed by atoms with Crippen LogP contribution < -0.4 is 5.32 Å². The quantitative estimate of drug-likeness (QED) is 0.814. The lowest BCUT2D eigenvalue weighted by atomic mass is 9.93. The van der Waals surface area contributed by atoms with Gasteiger partial charge in [0.1, 0.15) is 0 Å². The first-order valence-corrected chi connectivity index (χ1v) is 6.05. The lowest BCUT2D eigenvalue weighted by molar-refractivity contribution is 0.351. The van der Waals surface area contributed by atoms with Crippen LogP contribution in [0.2, 0.25) is 0 Å². The molecule has 1 aliphatic heterocycles. The van der Waals surface area contributed by atoms with E-state index in [1.807, 2.05) is 12.4 Å². The number of rotatable bonds is 4. The van der Waals surface area contributed by atoms with E-state index in [4.69, 9.17) is 0 Å². The summed E-state index contributed by atoms with van der Waals surface area (Å²) in [5, 5.41) is 3.47. The number of aryl methyl sites for hydroxylation is 1. The van der Waals surface area contributed by atoms with E-state index in [0.29, 0.717) is 0 Å². The molecule has 2 nitrogen and oxygen atoms in total. The van der Waals surface area contributed by atoms with Crippen LogP contribution in [0.4, 0.5) is 0 Å². The third-order valence-corrected chi connectivity index (χ3v) is 3.23. The molecular weight excluding hydrogens is 184 g/mol. The van der Waals surface area contributed by atoms with Crippen LogP contribution in [-0.2, 0) is 6.42 Å². The van der Waals surface area contributed by atoms with Crippen LogP contribution in [0.1, 0.15) is 31.2 Å². The van der Waals surface area contributed by atoms with Gasteiger partial charge in [-0.2, -0.15) is 0 Å². The highest BCUT2D eigenvalue weighted by molar-refractivity contribution is 5.09. The Morgan fingerprint density at radius 2 is 2.20 bits per heavy atom. The fraction of sp³-hybridized carbons (Fsp3) is 0.615. The molecule has 1 fully saturated rings. The summed E-state index contributed by atoms with van der Waals surface area (Å²) in [6.07, 6.45) is 10.4. The molecule has 0 amide bonds. The highest BCUT2D eigenvalue weighted by Crippen LogP contribution is 2.17. The van der Waals surface area contributed by atoms with Gasteiger partial charge in [0.25, 0.3) is 0 Å². The second-order valence-corrected chi connectivity index (χ2v) is 4.46. The molecular formula is C13H20N2.